The van der Waals surface area contributed by atoms with Crippen LogP contribution in [0.5, 0.6) is 0 Å². The molecule has 0 aromatic heterocycles. The van der Waals surface area contributed by atoms with Crippen molar-refractivity contribution in [1.29, 1.82) is 0 Å². The first-order chi connectivity index (χ1) is 15.6. The third-order valence-electron chi connectivity index (χ3n) is 5.62. The van der Waals surface area contributed by atoms with Crippen LogP contribution in [0.25, 0.3) is 0 Å². The second-order valence-electron chi connectivity index (χ2n) is 8.11. The summed E-state index contributed by atoms with van der Waals surface area (Å²) < 4.78 is 0. The first kappa shape index (κ1) is 23.3. The van der Waals surface area contributed by atoms with Crippen molar-refractivity contribution in [1.82, 2.24) is 10.2 Å². The lowest BCUT2D eigenvalue weighted by molar-refractivity contribution is -0.140. The van der Waals surface area contributed by atoms with Crippen LogP contribution in [0.2, 0.25) is 0 Å². The molecule has 3 aromatic rings. The summed E-state index contributed by atoms with van der Waals surface area (Å²) in [6.07, 6.45) is 1.58. The maximum atomic E-state index is 13.6. The minimum atomic E-state index is -0.584. The van der Waals surface area contributed by atoms with Gasteiger partial charge in [-0.2, -0.15) is 0 Å². The van der Waals surface area contributed by atoms with E-state index in [9.17, 15) is 9.59 Å². The number of nitrogens with zero attached hydrogens (tertiary/aromatic N) is 1. The Kier molecular flexibility index (Phi) is 8.61. The van der Waals surface area contributed by atoms with E-state index in [1.165, 1.54) is 0 Å². The Morgan fingerprint density at radius 2 is 1.44 bits per heavy atom. The van der Waals surface area contributed by atoms with Gasteiger partial charge in [-0.05, 0) is 35.6 Å². The minimum Gasteiger partial charge on any atom is -0.354 e. The zero-order valence-electron chi connectivity index (χ0n) is 19.0. The standard InChI is InChI=1S/C28H32N2O2/c1-3-18-29-28(32)26(19-23-13-6-4-7-14-23)30(21-25-17-11-10-12-22(25)2)27(31)20-24-15-8-5-9-16-24/h4-17,26H,3,18-21H2,1-2H3,(H,29,32)/t26-/m1/s1. The fourth-order valence-corrected chi connectivity index (χ4v) is 3.76. The van der Waals surface area contributed by atoms with Crippen LogP contribution in [0.15, 0.2) is 84.9 Å². The van der Waals surface area contributed by atoms with E-state index >= 15 is 0 Å². The molecule has 32 heavy (non-hydrogen) atoms. The molecule has 3 aromatic carbocycles. The molecule has 0 radical (unpaired) electrons. The molecule has 3 rings (SSSR count). The monoisotopic (exact) mass is 428 g/mol. The van der Waals surface area contributed by atoms with Crippen LogP contribution >= 0.6 is 0 Å². The lowest BCUT2D eigenvalue weighted by Crippen LogP contribution is -2.51. The van der Waals surface area contributed by atoms with Crippen LogP contribution in [0.1, 0.15) is 35.6 Å². The molecule has 0 fully saturated rings. The molecule has 4 nitrogen and oxygen atoms in total. The second-order valence-corrected chi connectivity index (χ2v) is 8.11. The Morgan fingerprint density at radius 1 is 0.844 bits per heavy atom. The fourth-order valence-electron chi connectivity index (χ4n) is 3.76. The number of aryl methyl sites for hydroxylation is 1. The van der Waals surface area contributed by atoms with Gasteiger partial charge in [-0.25, -0.2) is 0 Å². The number of amides is 2. The highest BCUT2D eigenvalue weighted by molar-refractivity contribution is 5.88. The normalized spacial score (nSPS) is 11.6. The SMILES string of the molecule is CCCNC(=O)[C@@H](Cc1ccccc1)N(Cc1ccccc1C)C(=O)Cc1ccccc1. The number of nitrogens with one attached hydrogen (secondary N) is 1. The van der Waals surface area contributed by atoms with E-state index < -0.39 is 6.04 Å². The molecule has 0 spiro atoms. The van der Waals surface area contributed by atoms with Gasteiger partial charge < -0.3 is 10.2 Å². The van der Waals surface area contributed by atoms with Gasteiger partial charge in [0.2, 0.25) is 11.8 Å². The maximum absolute atomic E-state index is 13.6. The Labute approximate surface area is 191 Å². The van der Waals surface area contributed by atoms with Crippen molar-refractivity contribution in [3.63, 3.8) is 0 Å². The summed E-state index contributed by atoms with van der Waals surface area (Å²) in [5, 5.41) is 3.02. The molecule has 0 saturated heterocycles. The first-order valence-electron chi connectivity index (χ1n) is 11.3. The molecule has 4 heteroatoms. The molecule has 0 heterocycles. The lowest BCUT2D eigenvalue weighted by Gasteiger charge is -2.32. The number of hydrogen-bond donors (Lipinski definition) is 1. The average molecular weight is 429 g/mol. The van der Waals surface area contributed by atoms with Crippen molar-refractivity contribution in [2.75, 3.05) is 6.54 Å². The number of carbonyl (C=O) groups excluding carboxylic acids is 2. The van der Waals surface area contributed by atoms with Gasteiger partial charge in [0.05, 0.1) is 6.42 Å². The van der Waals surface area contributed by atoms with Gasteiger partial charge in [-0.15, -0.1) is 0 Å². The summed E-state index contributed by atoms with van der Waals surface area (Å²) in [5.74, 6) is -0.155. The predicted molar refractivity (Wildman–Crippen MR) is 129 cm³/mol. The third kappa shape index (κ3) is 6.55. The van der Waals surface area contributed by atoms with Crippen molar-refractivity contribution < 1.29 is 9.59 Å². The Morgan fingerprint density at radius 3 is 2.06 bits per heavy atom. The number of hydrogen-bond acceptors (Lipinski definition) is 2. The van der Waals surface area contributed by atoms with E-state index in [2.05, 4.69) is 5.32 Å². The smallest absolute Gasteiger partial charge is 0.243 e. The molecule has 166 valence electrons. The van der Waals surface area contributed by atoms with Crippen LogP contribution < -0.4 is 5.32 Å². The summed E-state index contributed by atoms with van der Waals surface area (Å²) >= 11 is 0. The summed E-state index contributed by atoms with van der Waals surface area (Å²) in [5.41, 5.74) is 4.14. The molecular formula is C28H32N2O2. The van der Waals surface area contributed by atoms with E-state index in [-0.39, 0.29) is 18.2 Å². The van der Waals surface area contributed by atoms with E-state index in [0.717, 1.165) is 28.7 Å². The van der Waals surface area contributed by atoms with Gasteiger partial charge in [-0.1, -0.05) is 91.9 Å². The van der Waals surface area contributed by atoms with Crippen LogP contribution in [0.4, 0.5) is 0 Å². The van der Waals surface area contributed by atoms with Crippen molar-refractivity contribution >= 4 is 11.8 Å². The van der Waals surface area contributed by atoms with Gasteiger partial charge in [0, 0.05) is 19.5 Å². The topological polar surface area (TPSA) is 49.4 Å². The van der Waals surface area contributed by atoms with Crippen molar-refractivity contribution in [3.8, 4) is 0 Å². The molecule has 0 unspecified atom stereocenters. The van der Waals surface area contributed by atoms with E-state index in [0.29, 0.717) is 19.5 Å². The van der Waals surface area contributed by atoms with Crippen molar-refractivity contribution in [3.05, 3.63) is 107 Å². The largest absolute Gasteiger partial charge is 0.354 e. The van der Waals surface area contributed by atoms with Crippen LogP contribution in [0.3, 0.4) is 0 Å². The Balaban J connectivity index is 1.95. The summed E-state index contributed by atoms with van der Waals surface area (Å²) in [6.45, 7) is 5.06. The molecule has 1 N–H and O–H groups in total. The van der Waals surface area contributed by atoms with Gasteiger partial charge >= 0.3 is 0 Å². The summed E-state index contributed by atoms with van der Waals surface area (Å²) in [7, 11) is 0. The third-order valence-corrected chi connectivity index (χ3v) is 5.62. The molecule has 0 aliphatic heterocycles. The van der Waals surface area contributed by atoms with E-state index in [1.54, 1.807) is 4.90 Å². The highest BCUT2D eigenvalue weighted by atomic mass is 16.2. The van der Waals surface area contributed by atoms with Gasteiger partial charge in [0.1, 0.15) is 6.04 Å². The van der Waals surface area contributed by atoms with Crippen molar-refractivity contribution in [2.45, 2.75) is 45.7 Å². The van der Waals surface area contributed by atoms with Crippen molar-refractivity contribution in [2.24, 2.45) is 0 Å². The molecule has 0 bridgehead atoms. The van der Waals surface area contributed by atoms with Gasteiger partial charge in [0.15, 0.2) is 0 Å². The number of rotatable bonds is 10. The molecule has 0 saturated carbocycles. The van der Waals surface area contributed by atoms with Gasteiger partial charge in [0.25, 0.3) is 0 Å². The van der Waals surface area contributed by atoms with Crippen LogP contribution in [-0.2, 0) is 29.0 Å². The average Bonchev–Trinajstić information content (AvgIpc) is 2.82. The highest BCUT2D eigenvalue weighted by Gasteiger charge is 2.30. The number of carbonyl (C=O) groups is 2. The fraction of sp³-hybridized carbons (Fsp3) is 0.286. The molecule has 0 aliphatic carbocycles. The van der Waals surface area contributed by atoms with Gasteiger partial charge in [-0.3, -0.25) is 9.59 Å². The predicted octanol–water partition coefficient (Wildman–Crippen LogP) is 4.70. The molecule has 2 amide bonds. The minimum absolute atomic E-state index is 0.0490. The second kappa shape index (κ2) is 11.8. The quantitative estimate of drug-likeness (QED) is 0.509. The maximum Gasteiger partial charge on any atom is 0.243 e. The zero-order chi connectivity index (χ0) is 22.8. The molecule has 0 aliphatic rings. The molecular weight excluding hydrogens is 396 g/mol. The van der Waals surface area contributed by atoms with E-state index in [1.807, 2.05) is 98.8 Å². The lowest BCUT2D eigenvalue weighted by atomic mass is 10.0. The van der Waals surface area contributed by atoms with E-state index in [4.69, 9.17) is 0 Å². The summed E-state index contributed by atoms with van der Waals surface area (Å²) in [4.78, 5) is 28.6. The Hall–Kier alpha value is -3.40. The molecule has 1 atom stereocenters. The Bertz CT molecular complexity index is 1000. The van der Waals surface area contributed by atoms with Crippen LogP contribution in [0, 0.1) is 6.92 Å². The number of benzene rings is 3. The summed E-state index contributed by atoms with van der Waals surface area (Å²) in [6, 6.07) is 27.1. The zero-order valence-corrected chi connectivity index (χ0v) is 19.0. The first-order valence-corrected chi connectivity index (χ1v) is 11.3. The highest BCUT2D eigenvalue weighted by Crippen LogP contribution is 2.18. The van der Waals surface area contributed by atoms with Crippen LogP contribution in [-0.4, -0.2) is 29.3 Å².